The average molecular weight is 353 g/mol. The topological polar surface area (TPSA) is 48.8 Å². The zero-order chi connectivity index (χ0) is 18.1. The van der Waals surface area contributed by atoms with E-state index >= 15 is 0 Å². The van der Waals surface area contributed by atoms with Gasteiger partial charge < -0.3 is 14.7 Å². The van der Waals surface area contributed by atoms with Crippen LogP contribution in [0.5, 0.6) is 0 Å². The van der Waals surface area contributed by atoms with Gasteiger partial charge in [0.2, 0.25) is 0 Å². The Morgan fingerprint density at radius 3 is 2.38 bits per heavy atom. The maximum Gasteiger partial charge on any atom is 0.127 e. The summed E-state index contributed by atoms with van der Waals surface area (Å²) >= 11 is 0. The Kier molecular flexibility index (Phi) is 4.69. The van der Waals surface area contributed by atoms with E-state index in [1.54, 1.807) is 0 Å². The molecule has 2 aliphatic heterocycles. The first-order chi connectivity index (χ1) is 12.5. The summed E-state index contributed by atoms with van der Waals surface area (Å²) in [5, 5.41) is 11.4. The third-order valence-corrected chi connectivity index (χ3v) is 5.66. The first-order valence-corrected chi connectivity index (χ1v) is 9.29. The Balaban J connectivity index is 1.55. The second-order valence-electron chi connectivity index (χ2n) is 7.74. The van der Waals surface area contributed by atoms with E-state index < -0.39 is 5.60 Å². The molecular formula is C21H27N3O2. The van der Waals surface area contributed by atoms with Gasteiger partial charge in [-0.1, -0.05) is 36.4 Å². The van der Waals surface area contributed by atoms with Gasteiger partial charge in [-0.2, -0.15) is 0 Å². The first-order valence-electron chi connectivity index (χ1n) is 9.29. The minimum absolute atomic E-state index is 0.223. The van der Waals surface area contributed by atoms with E-state index in [0.29, 0.717) is 26.1 Å². The summed E-state index contributed by atoms with van der Waals surface area (Å²) in [6.45, 7) is 2.26. The van der Waals surface area contributed by atoms with Crippen molar-refractivity contribution in [3.63, 3.8) is 0 Å². The highest BCUT2D eigenvalue weighted by Gasteiger charge is 2.47. The van der Waals surface area contributed by atoms with Gasteiger partial charge >= 0.3 is 0 Å². The van der Waals surface area contributed by atoms with Gasteiger partial charge in [0.1, 0.15) is 5.82 Å². The summed E-state index contributed by atoms with van der Waals surface area (Å²) in [4.78, 5) is 8.98. The average Bonchev–Trinajstić information content (AvgIpc) is 2.64. The summed E-state index contributed by atoms with van der Waals surface area (Å²) in [5.74, 6) is 0.905. The number of aliphatic hydroxyl groups is 1. The van der Waals surface area contributed by atoms with Crippen molar-refractivity contribution < 1.29 is 9.84 Å². The van der Waals surface area contributed by atoms with Crippen LogP contribution in [-0.2, 0) is 16.9 Å². The van der Waals surface area contributed by atoms with Crippen LogP contribution >= 0.6 is 0 Å². The Morgan fingerprint density at radius 1 is 1.12 bits per heavy atom. The fraction of sp³-hybridized carbons (Fsp3) is 0.476. The molecule has 2 atom stereocenters. The van der Waals surface area contributed by atoms with Crippen LogP contribution in [0.25, 0.3) is 0 Å². The molecule has 0 aliphatic carbocycles. The number of anilines is 1. The van der Waals surface area contributed by atoms with E-state index in [1.165, 1.54) is 5.56 Å². The Bertz CT molecular complexity index is 719. The molecule has 1 N–H and O–H groups in total. The quantitative estimate of drug-likeness (QED) is 0.915. The van der Waals surface area contributed by atoms with Crippen LogP contribution in [0.1, 0.15) is 24.0 Å². The van der Waals surface area contributed by atoms with Gasteiger partial charge in [-0.25, -0.2) is 4.98 Å². The molecular weight excluding hydrogens is 326 g/mol. The normalized spacial score (nSPS) is 28.7. The fourth-order valence-electron chi connectivity index (χ4n) is 4.26. The molecule has 3 heterocycles. The maximum absolute atomic E-state index is 11.4. The van der Waals surface area contributed by atoms with E-state index in [9.17, 15) is 5.11 Å². The Morgan fingerprint density at radius 2 is 1.81 bits per heavy atom. The number of morpholine rings is 1. The fourth-order valence-corrected chi connectivity index (χ4v) is 4.26. The molecule has 26 heavy (non-hydrogen) atoms. The molecule has 138 valence electrons. The predicted octanol–water partition coefficient (Wildman–Crippen LogP) is 2.40. The van der Waals surface area contributed by atoms with Gasteiger partial charge in [0.25, 0.3) is 0 Å². The van der Waals surface area contributed by atoms with Crippen molar-refractivity contribution >= 4 is 5.82 Å². The lowest BCUT2D eigenvalue weighted by atomic mass is 9.77. The Hall–Kier alpha value is -1.95. The molecule has 2 aliphatic rings. The van der Waals surface area contributed by atoms with Gasteiger partial charge in [0.05, 0.1) is 18.8 Å². The van der Waals surface area contributed by atoms with Crippen molar-refractivity contribution in [3.05, 3.63) is 59.8 Å². The molecule has 2 aromatic rings. The molecule has 4 rings (SSSR count). The molecule has 5 nitrogen and oxygen atoms in total. The molecule has 1 aromatic carbocycles. The van der Waals surface area contributed by atoms with E-state index in [1.807, 2.05) is 43.4 Å². The highest BCUT2D eigenvalue weighted by Crippen LogP contribution is 2.41. The smallest absolute Gasteiger partial charge is 0.127 e. The number of pyridine rings is 1. The van der Waals surface area contributed by atoms with Crippen molar-refractivity contribution in [2.45, 2.75) is 37.1 Å². The minimum atomic E-state index is -0.829. The number of hydrogen-bond donors (Lipinski definition) is 1. The van der Waals surface area contributed by atoms with Crippen LogP contribution in [0.15, 0.2) is 48.7 Å². The number of rotatable bonds is 4. The Labute approximate surface area is 155 Å². The van der Waals surface area contributed by atoms with Gasteiger partial charge in [0, 0.05) is 44.5 Å². The molecule has 0 saturated carbocycles. The van der Waals surface area contributed by atoms with E-state index in [0.717, 1.165) is 17.9 Å². The summed E-state index contributed by atoms with van der Waals surface area (Å²) in [6, 6.07) is 15.0. The number of aromatic nitrogens is 1. The predicted molar refractivity (Wildman–Crippen MR) is 102 cm³/mol. The van der Waals surface area contributed by atoms with Crippen LogP contribution in [0.4, 0.5) is 5.82 Å². The number of hydrogen-bond acceptors (Lipinski definition) is 5. The molecule has 2 unspecified atom stereocenters. The number of nitrogens with zero attached hydrogens (tertiary/aromatic N) is 3. The zero-order valence-electron chi connectivity index (χ0n) is 15.5. The maximum atomic E-state index is 11.4. The van der Waals surface area contributed by atoms with Crippen molar-refractivity contribution in [3.8, 4) is 0 Å². The minimum Gasteiger partial charge on any atom is -0.385 e. The second-order valence-corrected chi connectivity index (χ2v) is 7.74. The molecule has 5 heteroatoms. The molecule has 0 amide bonds. The van der Waals surface area contributed by atoms with Crippen LogP contribution < -0.4 is 4.90 Å². The van der Waals surface area contributed by atoms with Crippen LogP contribution in [0, 0.1) is 0 Å². The highest BCUT2D eigenvalue weighted by atomic mass is 16.5. The lowest BCUT2D eigenvalue weighted by Crippen LogP contribution is -2.60. The molecule has 2 saturated heterocycles. The third-order valence-electron chi connectivity index (χ3n) is 5.66. The lowest BCUT2D eigenvalue weighted by molar-refractivity contribution is -0.149. The highest BCUT2D eigenvalue weighted by molar-refractivity contribution is 5.38. The molecule has 0 radical (unpaired) electrons. The van der Waals surface area contributed by atoms with E-state index in [-0.39, 0.29) is 12.1 Å². The van der Waals surface area contributed by atoms with Gasteiger partial charge in [-0.05, 0) is 24.5 Å². The number of benzene rings is 1. The monoisotopic (exact) mass is 353 g/mol. The van der Waals surface area contributed by atoms with Crippen LogP contribution in [-0.4, -0.2) is 54.4 Å². The lowest BCUT2D eigenvalue weighted by Gasteiger charge is -2.51. The van der Waals surface area contributed by atoms with Crippen LogP contribution in [0.3, 0.4) is 0 Å². The van der Waals surface area contributed by atoms with E-state index in [4.69, 9.17) is 4.74 Å². The summed E-state index contributed by atoms with van der Waals surface area (Å²) in [5.41, 5.74) is 1.40. The van der Waals surface area contributed by atoms with Crippen molar-refractivity contribution in [2.24, 2.45) is 0 Å². The van der Waals surface area contributed by atoms with Gasteiger partial charge in [-0.15, -0.1) is 0 Å². The zero-order valence-corrected chi connectivity index (χ0v) is 15.5. The summed E-state index contributed by atoms with van der Waals surface area (Å²) in [7, 11) is 3.95. The molecule has 0 spiro atoms. The largest absolute Gasteiger partial charge is 0.385 e. The number of fused-ring (bicyclic) bond motifs is 2. The molecule has 2 fully saturated rings. The third kappa shape index (κ3) is 3.34. The summed E-state index contributed by atoms with van der Waals surface area (Å²) < 4.78 is 5.81. The van der Waals surface area contributed by atoms with E-state index in [2.05, 4.69) is 34.1 Å². The van der Waals surface area contributed by atoms with Gasteiger partial charge in [-0.3, -0.25) is 4.90 Å². The second kappa shape index (κ2) is 6.99. The van der Waals surface area contributed by atoms with Crippen molar-refractivity contribution in [1.82, 2.24) is 9.88 Å². The van der Waals surface area contributed by atoms with Crippen molar-refractivity contribution in [1.29, 1.82) is 0 Å². The SMILES string of the molecule is CN(C)c1ccc(C2(O)CC3COCC(C2)N3Cc2ccccc2)cn1. The standard InChI is InChI=1S/C21H27N3O2/c1-23(2)20-9-8-17(12-22-20)21(25)10-18-14-26-15-19(11-21)24(18)13-16-6-4-3-5-7-16/h3-9,12,18-19,25H,10-11,13-15H2,1-2H3. The first kappa shape index (κ1) is 17.5. The van der Waals surface area contributed by atoms with Crippen LogP contribution in [0.2, 0.25) is 0 Å². The molecule has 2 bridgehead atoms. The van der Waals surface area contributed by atoms with Gasteiger partial charge in [0.15, 0.2) is 0 Å². The summed E-state index contributed by atoms with van der Waals surface area (Å²) in [6.07, 6.45) is 3.19. The van der Waals surface area contributed by atoms with Crippen molar-refractivity contribution in [2.75, 3.05) is 32.2 Å². The number of piperidine rings is 1. The molecule has 1 aromatic heterocycles. The number of ether oxygens (including phenoxy) is 1.